The van der Waals surface area contributed by atoms with Crippen LogP contribution in [-0.4, -0.2) is 11.8 Å². The minimum Gasteiger partial charge on any atom is -0.452 e. The van der Waals surface area contributed by atoms with Crippen molar-refractivity contribution in [1.29, 1.82) is 0 Å². The third kappa shape index (κ3) is 3.80. The number of ether oxygens (including phenoxy) is 2. The molecule has 0 aliphatic carbocycles. The molecule has 3 aromatic rings. The molecular formula is C24H17FO4. The number of hydrogen-bond acceptors (Lipinski definition) is 4. The zero-order valence-electron chi connectivity index (χ0n) is 15.6. The Balaban J connectivity index is 1.57. The first-order valence-corrected chi connectivity index (χ1v) is 9.10. The summed E-state index contributed by atoms with van der Waals surface area (Å²) in [5, 5.41) is 0. The largest absolute Gasteiger partial charge is 0.452 e. The molecule has 0 saturated heterocycles. The summed E-state index contributed by atoms with van der Waals surface area (Å²) in [4.78, 5) is 24.9. The molecule has 4 rings (SSSR count). The summed E-state index contributed by atoms with van der Waals surface area (Å²) >= 11 is 0. The number of fused-ring (bicyclic) bond motifs is 1. The fraction of sp³-hybridized carbons (Fsp3) is 0.0833. The average molecular weight is 388 g/mol. The third-order valence-electron chi connectivity index (χ3n) is 4.64. The van der Waals surface area contributed by atoms with E-state index in [2.05, 4.69) is 0 Å². The Labute approximate surface area is 167 Å². The van der Waals surface area contributed by atoms with Crippen LogP contribution in [0, 0.1) is 12.7 Å². The fourth-order valence-electron chi connectivity index (χ4n) is 3.13. The Morgan fingerprint density at radius 3 is 2.52 bits per heavy atom. The molecule has 5 heteroatoms. The fourth-order valence-corrected chi connectivity index (χ4v) is 3.13. The van der Waals surface area contributed by atoms with Crippen molar-refractivity contribution in [2.75, 3.05) is 0 Å². The van der Waals surface area contributed by atoms with Gasteiger partial charge in [0.2, 0.25) is 5.78 Å². The minimum atomic E-state index is -0.445. The molecule has 144 valence electrons. The maximum atomic E-state index is 13.9. The maximum Gasteiger partial charge on any atom is 0.315 e. The van der Waals surface area contributed by atoms with E-state index in [1.807, 2.05) is 30.3 Å². The number of halogens is 1. The molecule has 0 aromatic heterocycles. The number of carbonyl (C=O) groups excluding carboxylic acids is 2. The maximum absolute atomic E-state index is 13.9. The second-order valence-electron chi connectivity index (χ2n) is 6.66. The van der Waals surface area contributed by atoms with Crippen LogP contribution in [0.3, 0.4) is 0 Å². The lowest BCUT2D eigenvalue weighted by molar-refractivity contribution is -0.133. The van der Waals surface area contributed by atoms with Crippen molar-refractivity contribution in [2.45, 2.75) is 13.3 Å². The SMILES string of the molecule is Cc1c(OC(=O)Cc2ccccc2)ccc2c1O/C(=C\c1ccccc1F)C2=O. The van der Waals surface area contributed by atoms with Crippen LogP contribution in [0.1, 0.15) is 27.0 Å². The van der Waals surface area contributed by atoms with Crippen LogP contribution < -0.4 is 9.47 Å². The molecule has 29 heavy (non-hydrogen) atoms. The van der Waals surface area contributed by atoms with Crippen LogP contribution in [0.2, 0.25) is 0 Å². The van der Waals surface area contributed by atoms with Crippen LogP contribution >= 0.6 is 0 Å². The van der Waals surface area contributed by atoms with Crippen LogP contribution in [0.15, 0.2) is 72.5 Å². The minimum absolute atomic E-state index is 0.0287. The molecule has 0 fully saturated rings. The normalized spacial score (nSPS) is 13.9. The number of carbonyl (C=O) groups is 2. The molecule has 0 atom stereocenters. The summed E-state index contributed by atoms with van der Waals surface area (Å²) in [6.45, 7) is 1.71. The van der Waals surface area contributed by atoms with Gasteiger partial charge in [-0.15, -0.1) is 0 Å². The predicted molar refractivity (Wildman–Crippen MR) is 106 cm³/mol. The summed E-state index contributed by atoms with van der Waals surface area (Å²) in [6.07, 6.45) is 1.51. The first-order chi connectivity index (χ1) is 14.0. The highest BCUT2D eigenvalue weighted by Gasteiger charge is 2.30. The number of Topliss-reactive ketones (excluding diaryl/α,β-unsaturated/α-hetero) is 1. The van der Waals surface area contributed by atoms with E-state index in [4.69, 9.17) is 9.47 Å². The second kappa shape index (κ2) is 7.72. The van der Waals surface area contributed by atoms with Gasteiger partial charge in [0.1, 0.15) is 17.3 Å². The van der Waals surface area contributed by atoms with Gasteiger partial charge in [0.15, 0.2) is 5.76 Å². The number of benzene rings is 3. The van der Waals surface area contributed by atoms with Gasteiger partial charge in [-0.1, -0.05) is 48.5 Å². The van der Waals surface area contributed by atoms with Gasteiger partial charge in [-0.05, 0) is 36.8 Å². The van der Waals surface area contributed by atoms with E-state index in [-0.39, 0.29) is 23.5 Å². The number of ketones is 1. The summed E-state index contributed by atoms with van der Waals surface area (Å²) in [7, 11) is 0. The summed E-state index contributed by atoms with van der Waals surface area (Å²) in [6, 6.07) is 18.5. The van der Waals surface area contributed by atoms with E-state index in [0.29, 0.717) is 22.6 Å². The monoisotopic (exact) mass is 388 g/mol. The number of hydrogen-bond donors (Lipinski definition) is 0. The predicted octanol–water partition coefficient (Wildman–Crippen LogP) is 4.90. The van der Waals surface area contributed by atoms with Gasteiger partial charge >= 0.3 is 5.97 Å². The molecule has 0 radical (unpaired) electrons. The van der Waals surface area contributed by atoms with Gasteiger partial charge < -0.3 is 9.47 Å². The summed E-state index contributed by atoms with van der Waals surface area (Å²) in [5.41, 5.74) is 2.00. The molecule has 0 bridgehead atoms. The molecule has 4 nitrogen and oxygen atoms in total. The smallest absolute Gasteiger partial charge is 0.315 e. The number of esters is 1. The molecule has 0 unspecified atom stereocenters. The summed E-state index contributed by atoms with van der Waals surface area (Å²) in [5.74, 6) is -0.521. The molecule has 1 aliphatic heterocycles. The van der Waals surface area contributed by atoms with E-state index < -0.39 is 11.8 Å². The molecule has 0 N–H and O–H groups in total. The molecule has 0 amide bonds. The van der Waals surface area contributed by atoms with Crippen LogP contribution in [-0.2, 0) is 11.2 Å². The van der Waals surface area contributed by atoms with E-state index in [0.717, 1.165) is 5.56 Å². The van der Waals surface area contributed by atoms with E-state index >= 15 is 0 Å². The van der Waals surface area contributed by atoms with E-state index in [9.17, 15) is 14.0 Å². The van der Waals surface area contributed by atoms with E-state index in [1.54, 1.807) is 37.3 Å². The number of allylic oxidation sites excluding steroid dienone is 1. The van der Waals surface area contributed by atoms with Gasteiger partial charge in [0, 0.05) is 11.1 Å². The Hall–Kier alpha value is -3.73. The van der Waals surface area contributed by atoms with Crippen molar-refractivity contribution in [2.24, 2.45) is 0 Å². The first-order valence-electron chi connectivity index (χ1n) is 9.10. The molecule has 3 aromatic carbocycles. The zero-order chi connectivity index (χ0) is 20.4. The quantitative estimate of drug-likeness (QED) is 0.362. The van der Waals surface area contributed by atoms with Gasteiger partial charge in [0.25, 0.3) is 0 Å². The summed E-state index contributed by atoms with van der Waals surface area (Å²) < 4.78 is 25.1. The third-order valence-corrected chi connectivity index (χ3v) is 4.64. The molecule has 0 spiro atoms. The standard InChI is InChI=1S/C24H17FO4/c1-15-20(28-22(26)13-16-7-3-2-4-8-16)12-11-18-23(27)21(29-24(15)18)14-17-9-5-6-10-19(17)25/h2-12,14H,13H2,1H3/b21-14-. The Morgan fingerprint density at radius 1 is 1.03 bits per heavy atom. The van der Waals surface area contributed by atoms with Crippen LogP contribution in [0.5, 0.6) is 11.5 Å². The van der Waals surface area contributed by atoms with Crippen molar-refractivity contribution in [3.63, 3.8) is 0 Å². The van der Waals surface area contributed by atoms with Crippen LogP contribution in [0.4, 0.5) is 4.39 Å². The van der Waals surface area contributed by atoms with Gasteiger partial charge in [-0.25, -0.2) is 4.39 Å². The average Bonchev–Trinajstić information content (AvgIpc) is 3.03. The molecule has 1 heterocycles. The highest BCUT2D eigenvalue weighted by molar-refractivity contribution is 6.15. The lowest BCUT2D eigenvalue weighted by Crippen LogP contribution is -2.12. The Kier molecular flexibility index (Phi) is 4.96. The van der Waals surface area contributed by atoms with Crippen molar-refractivity contribution < 1.29 is 23.5 Å². The zero-order valence-corrected chi connectivity index (χ0v) is 15.6. The lowest BCUT2D eigenvalue weighted by Gasteiger charge is -2.10. The highest BCUT2D eigenvalue weighted by Crippen LogP contribution is 2.39. The van der Waals surface area contributed by atoms with Gasteiger partial charge in [-0.2, -0.15) is 0 Å². The first kappa shape index (κ1) is 18.6. The van der Waals surface area contributed by atoms with Crippen molar-refractivity contribution in [1.82, 2.24) is 0 Å². The van der Waals surface area contributed by atoms with Gasteiger partial charge in [-0.3, -0.25) is 9.59 Å². The number of rotatable bonds is 4. The highest BCUT2D eigenvalue weighted by atomic mass is 19.1. The molecule has 1 aliphatic rings. The van der Waals surface area contributed by atoms with Crippen LogP contribution in [0.25, 0.3) is 6.08 Å². The van der Waals surface area contributed by atoms with E-state index in [1.165, 1.54) is 12.1 Å². The lowest BCUT2D eigenvalue weighted by atomic mass is 10.1. The second-order valence-corrected chi connectivity index (χ2v) is 6.66. The van der Waals surface area contributed by atoms with Crippen molar-refractivity contribution in [3.8, 4) is 11.5 Å². The molecular weight excluding hydrogens is 371 g/mol. The van der Waals surface area contributed by atoms with Crippen molar-refractivity contribution in [3.05, 3.63) is 101 Å². The Morgan fingerprint density at radius 2 is 1.76 bits per heavy atom. The Bertz CT molecular complexity index is 1130. The van der Waals surface area contributed by atoms with Gasteiger partial charge in [0.05, 0.1) is 12.0 Å². The molecule has 0 saturated carbocycles. The topological polar surface area (TPSA) is 52.6 Å². The van der Waals surface area contributed by atoms with Crippen molar-refractivity contribution >= 4 is 17.8 Å².